The van der Waals surface area contributed by atoms with Crippen LogP contribution in [0.5, 0.6) is 5.75 Å². The number of nitro groups is 1. The third-order valence-corrected chi connectivity index (χ3v) is 6.08. The molecule has 0 aromatic heterocycles. The van der Waals surface area contributed by atoms with Gasteiger partial charge < -0.3 is 4.74 Å². The predicted molar refractivity (Wildman–Crippen MR) is 102 cm³/mol. The monoisotopic (exact) mass is 387 g/mol. The van der Waals surface area contributed by atoms with Crippen molar-refractivity contribution in [3.63, 3.8) is 0 Å². The van der Waals surface area contributed by atoms with Crippen molar-refractivity contribution in [2.24, 2.45) is 0 Å². The minimum atomic E-state index is -1.84. The number of hydrogen-bond donors (Lipinski definition) is 0. The van der Waals surface area contributed by atoms with E-state index >= 15 is 0 Å². The first-order chi connectivity index (χ1) is 13.0. The summed E-state index contributed by atoms with van der Waals surface area (Å²) in [6, 6.07) is 13.1. The maximum Gasteiger partial charge on any atom is 0.324 e. The summed E-state index contributed by atoms with van der Waals surface area (Å²) in [5.74, 6) is -0.166. The van der Waals surface area contributed by atoms with Gasteiger partial charge in [0.1, 0.15) is 16.4 Å². The van der Waals surface area contributed by atoms with Crippen LogP contribution >= 0.6 is 0 Å². The van der Waals surface area contributed by atoms with Crippen LogP contribution in [0.15, 0.2) is 53.4 Å². The zero-order chi connectivity index (χ0) is 19.2. The molecule has 6 nitrogen and oxygen atoms in total. The first-order valence-electron chi connectivity index (χ1n) is 8.97. The van der Waals surface area contributed by atoms with Crippen LogP contribution in [0.25, 0.3) is 0 Å². The van der Waals surface area contributed by atoms with E-state index in [0.717, 1.165) is 0 Å². The zero-order valence-electron chi connectivity index (χ0n) is 14.8. The largest absolute Gasteiger partial charge is 0.426 e. The van der Waals surface area contributed by atoms with E-state index < -0.39 is 27.4 Å². The first-order valence-corrected chi connectivity index (χ1v) is 10.3. The Hall–Kier alpha value is -2.54. The Morgan fingerprint density at radius 1 is 1.07 bits per heavy atom. The molecule has 2 aromatic carbocycles. The number of carbonyl (C=O) groups is 1. The van der Waals surface area contributed by atoms with Gasteiger partial charge in [-0.15, -0.1) is 0 Å². The summed E-state index contributed by atoms with van der Waals surface area (Å²) < 4.78 is 17.6. The van der Waals surface area contributed by atoms with Crippen molar-refractivity contribution in [3.05, 3.63) is 64.2 Å². The number of benzene rings is 2. The molecule has 0 spiro atoms. The lowest BCUT2D eigenvalue weighted by Gasteiger charge is -2.22. The number of hydrogen-bond acceptors (Lipinski definition) is 5. The van der Waals surface area contributed by atoms with Gasteiger partial charge in [0.15, 0.2) is 0 Å². The van der Waals surface area contributed by atoms with Crippen LogP contribution in [0.2, 0.25) is 0 Å². The molecule has 142 valence electrons. The van der Waals surface area contributed by atoms with Gasteiger partial charge in [-0.1, -0.05) is 43.5 Å². The molecule has 27 heavy (non-hydrogen) atoms. The molecule has 0 heterocycles. The molecular formula is C20H21NO5S. The lowest BCUT2D eigenvalue weighted by atomic mass is 9.84. The Bertz CT molecular complexity index is 844. The number of nitrogens with zero attached hydrogens (tertiary/aromatic N) is 1. The van der Waals surface area contributed by atoms with Gasteiger partial charge in [0.25, 0.3) is 5.69 Å². The predicted octanol–water partition coefficient (Wildman–Crippen LogP) is 4.36. The molecule has 2 aromatic rings. The first kappa shape index (κ1) is 19.2. The third kappa shape index (κ3) is 5.01. The van der Waals surface area contributed by atoms with Crippen molar-refractivity contribution in [2.75, 3.05) is 5.75 Å². The van der Waals surface area contributed by atoms with Gasteiger partial charge in [-0.3, -0.25) is 19.1 Å². The Morgan fingerprint density at radius 2 is 1.74 bits per heavy atom. The minimum Gasteiger partial charge on any atom is -0.426 e. The van der Waals surface area contributed by atoms with E-state index in [1.165, 1.54) is 55.9 Å². The van der Waals surface area contributed by atoms with E-state index in [1.807, 2.05) is 12.1 Å². The smallest absolute Gasteiger partial charge is 0.324 e. The summed E-state index contributed by atoms with van der Waals surface area (Å²) in [6.45, 7) is 0. The standard InChI is InChI=1S/C20H21NO5S/c22-20(14-27(25)19-9-5-4-8-18(19)21(23)24)26-17-12-10-16(11-13-17)15-6-2-1-3-7-15/h4-5,8-13,15H,1-3,6-7,14H2/t27-/m1/s1. The SMILES string of the molecule is O=C(C[S@@](=O)c1ccccc1[N+](=O)[O-])Oc1ccc(C2CCCCC2)cc1. The molecule has 1 fully saturated rings. The molecule has 1 atom stereocenters. The molecule has 1 saturated carbocycles. The summed E-state index contributed by atoms with van der Waals surface area (Å²) >= 11 is 0. The molecule has 0 unspecified atom stereocenters. The number of carbonyl (C=O) groups excluding carboxylic acids is 1. The van der Waals surface area contributed by atoms with Crippen molar-refractivity contribution in [3.8, 4) is 5.75 Å². The van der Waals surface area contributed by atoms with Crippen LogP contribution in [0.4, 0.5) is 5.69 Å². The van der Waals surface area contributed by atoms with Gasteiger partial charge in [0, 0.05) is 6.07 Å². The van der Waals surface area contributed by atoms with E-state index in [4.69, 9.17) is 4.74 Å². The summed E-state index contributed by atoms with van der Waals surface area (Å²) in [4.78, 5) is 22.5. The number of ether oxygens (including phenoxy) is 1. The number of esters is 1. The zero-order valence-corrected chi connectivity index (χ0v) is 15.7. The van der Waals surface area contributed by atoms with E-state index in [9.17, 15) is 19.1 Å². The highest BCUT2D eigenvalue weighted by molar-refractivity contribution is 7.85. The van der Waals surface area contributed by atoms with Crippen LogP contribution in [-0.2, 0) is 15.6 Å². The molecule has 7 heteroatoms. The Balaban J connectivity index is 1.60. The van der Waals surface area contributed by atoms with Crippen molar-refractivity contribution >= 4 is 22.5 Å². The second kappa shape index (κ2) is 8.90. The quantitative estimate of drug-likeness (QED) is 0.318. The van der Waals surface area contributed by atoms with Crippen LogP contribution in [-0.4, -0.2) is 20.9 Å². The molecule has 0 saturated heterocycles. The van der Waals surface area contributed by atoms with Gasteiger partial charge in [0.2, 0.25) is 0 Å². The second-order valence-electron chi connectivity index (χ2n) is 6.59. The fourth-order valence-electron chi connectivity index (χ4n) is 3.39. The summed E-state index contributed by atoms with van der Waals surface area (Å²) in [6.07, 6.45) is 6.17. The van der Waals surface area contributed by atoms with E-state index in [0.29, 0.717) is 11.7 Å². The minimum absolute atomic E-state index is 0.0205. The van der Waals surface area contributed by atoms with Crippen molar-refractivity contribution < 1.29 is 18.7 Å². The van der Waals surface area contributed by atoms with Gasteiger partial charge in [-0.05, 0) is 42.5 Å². The van der Waals surface area contributed by atoms with Gasteiger partial charge >= 0.3 is 5.97 Å². The van der Waals surface area contributed by atoms with E-state index in [2.05, 4.69) is 0 Å². The maximum atomic E-state index is 12.3. The van der Waals surface area contributed by atoms with E-state index in [1.54, 1.807) is 18.2 Å². The second-order valence-corrected chi connectivity index (χ2v) is 8.01. The van der Waals surface area contributed by atoms with Gasteiger partial charge in [-0.2, -0.15) is 0 Å². The molecule has 0 amide bonds. The fraction of sp³-hybridized carbons (Fsp3) is 0.350. The highest BCUT2D eigenvalue weighted by Gasteiger charge is 2.21. The Kier molecular flexibility index (Phi) is 6.34. The van der Waals surface area contributed by atoms with Gasteiger partial charge in [-0.25, -0.2) is 0 Å². The highest BCUT2D eigenvalue weighted by atomic mass is 32.2. The molecular weight excluding hydrogens is 366 g/mol. The molecule has 0 radical (unpaired) electrons. The number of rotatable bonds is 6. The van der Waals surface area contributed by atoms with Crippen LogP contribution in [0.1, 0.15) is 43.6 Å². The van der Waals surface area contributed by atoms with Crippen LogP contribution in [0, 0.1) is 10.1 Å². The van der Waals surface area contributed by atoms with Crippen molar-refractivity contribution in [1.82, 2.24) is 0 Å². The average Bonchev–Trinajstić information content (AvgIpc) is 2.69. The average molecular weight is 387 g/mol. The van der Waals surface area contributed by atoms with E-state index in [-0.39, 0.29) is 10.6 Å². The Morgan fingerprint density at radius 3 is 2.41 bits per heavy atom. The van der Waals surface area contributed by atoms with Crippen molar-refractivity contribution in [1.29, 1.82) is 0 Å². The fourth-order valence-corrected chi connectivity index (χ4v) is 4.42. The molecule has 0 N–H and O–H groups in total. The summed E-state index contributed by atoms with van der Waals surface area (Å²) in [5, 5.41) is 11.0. The van der Waals surface area contributed by atoms with Crippen LogP contribution in [0.3, 0.4) is 0 Å². The lowest BCUT2D eigenvalue weighted by molar-refractivity contribution is -0.387. The highest BCUT2D eigenvalue weighted by Crippen LogP contribution is 2.33. The molecule has 0 aliphatic heterocycles. The van der Waals surface area contributed by atoms with Gasteiger partial charge in [0.05, 0.1) is 15.7 Å². The lowest BCUT2D eigenvalue weighted by Crippen LogP contribution is -2.17. The summed E-state index contributed by atoms with van der Waals surface area (Å²) in [7, 11) is -1.84. The number of para-hydroxylation sites is 1. The number of nitro benzene ring substituents is 1. The molecule has 1 aliphatic carbocycles. The van der Waals surface area contributed by atoms with Crippen molar-refractivity contribution in [2.45, 2.75) is 42.9 Å². The maximum absolute atomic E-state index is 12.3. The normalized spacial score (nSPS) is 15.9. The topological polar surface area (TPSA) is 86.5 Å². The molecule has 0 bridgehead atoms. The Labute approximate surface area is 160 Å². The molecule has 3 rings (SSSR count). The van der Waals surface area contributed by atoms with Crippen LogP contribution < -0.4 is 4.74 Å². The third-order valence-electron chi connectivity index (χ3n) is 4.74. The summed E-state index contributed by atoms with van der Waals surface area (Å²) in [5.41, 5.74) is 0.985. The molecule has 1 aliphatic rings.